The van der Waals surface area contributed by atoms with Crippen molar-refractivity contribution in [3.8, 4) is 0 Å². The number of thiophene rings is 1. The Morgan fingerprint density at radius 1 is 1.43 bits per heavy atom. The summed E-state index contributed by atoms with van der Waals surface area (Å²) >= 11 is 4.65. The van der Waals surface area contributed by atoms with Crippen LogP contribution in [0.2, 0.25) is 0 Å². The summed E-state index contributed by atoms with van der Waals surface area (Å²) in [7, 11) is 0. The Balaban J connectivity index is 2.30. The number of halogens is 1. The van der Waals surface area contributed by atoms with E-state index in [0.717, 1.165) is 16.6 Å². The fourth-order valence-corrected chi connectivity index (χ4v) is 3.50. The maximum atomic E-state index is 12.4. The molecule has 2 rings (SSSR count). The molecule has 116 valence electrons. The molecule has 0 aromatic carbocycles. The number of carbonyl (C=O) groups is 2. The van der Waals surface area contributed by atoms with Gasteiger partial charge < -0.3 is 9.84 Å². The predicted octanol–water partition coefficient (Wildman–Crippen LogP) is 4.04. The van der Waals surface area contributed by atoms with Gasteiger partial charge >= 0.3 is 12.1 Å². The van der Waals surface area contributed by atoms with Crippen LogP contribution in [-0.2, 0) is 9.53 Å². The average molecular weight is 376 g/mol. The fourth-order valence-electron chi connectivity index (χ4n) is 1.99. The highest BCUT2D eigenvalue weighted by Crippen LogP contribution is 2.39. The molecular formula is C14H18BrNO4S. The van der Waals surface area contributed by atoms with E-state index >= 15 is 0 Å². The smallest absolute Gasteiger partial charge is 0.411 e. The normalized spacial score (nSPS) is 16.4. The first-order valence-electron chi connectivity index (χ1n) is 6.68. The van der Waals surface area contributed by atoms with Crippen LogP contribution in [0.4, 0.5) is 4.79 Å². The Labute approximate surface area is 136 Å². The van der Waals surface area contributed by atoms with Gasteiger partial charge in [-0.05, 0) is 61.7 Å². The number of hydrogen-bond acceptors (Lipinski definition) is 4. The molecule has 0 bridgehead atoms. The second-order valence-corrected chi connectivity index (χ2v) is 8.50. The minimum absolute atomic E-state index is 0.0539. The Morgan fingerprint density at radius 2 is 2.05 bits per heavy atom. The molecule has 1 aliphatic rings. The lowest BCUT2D eigenvalue weighted by Gasteiger charge is -2.31. The van der Waals surface area contributed by atoms with E-state index in [9.17, 15) is 14.7 Å². The van der Waals surface area contributed by atoms with Crippen molar-refractivity contribution in [2.45, 2.75) is 51.3 Å². The summed E-state index contributed by atoms with van der Waals surface area (Å²) in [6.45, 7) is 5.31. The van der Waals surface area contributed by atoms with E-state index in [1.807, 2.05) is 0 Å². The standard InChI is InChI=1S/C14H18BrNO4S/c1-14(2,3)20-13(19)16(8-4-5-8)11(12(17)18)9-6-7-10(15)21-9/h6-8,11H,4-5H2,1-3H3,(H,17,18). The molecule has 1 aromatic heterocycles. The van der Waals surface area contributed by atoms with Gasteiger partial charge in [-0.15, -0.1) is 11.3 Å². The summed E-state index contributed by atoms with van der Waals surface area (Å²) < 4.78 is 6.21. The molecule has 1 aromatic rings. The van der Waals surface area contributed by atoms with Crippen molar-refractivity contribution in [3.63, 3.8) is 0 Å². The van der Waals surface area contributed by atoms with Gasteiger partial charge in [-0.25, -0.2) is 9.59 Å². The van der Waals surface area contributed by atoms with Gasteiger partial charge in [0, 0.05) is 10.9 Å². The lowest BCUT2D eigenvalue weighted by atomic mass is 10.2. The zero-order valence-electron chi connectivity index (χ0n) is 12.1. The van der Waals surface area contributed by atoms with Gasteiger partial charge in [0.05, 0.1) is 3.79 Å². The predicted molar refractivity (Wildman–Crippen MR) is 83.5 cm³/mol. The van der Waals surface area contributed by atoms with Crippen molar-refractivity contribution < 1.29 is 19.4 Å². The van der Waals surface area contributed by atoms with E-state index in [4.69, 9.17) is 4.74 Å². The molecule has 1 unspecified atom stereocenters. The minimum Gasteiger partial charge on any atom is -0.479 e. The molecule has 1 atom stereocenters. The molecule has 7 heteroatoms. The van der Waals surface area contributed by atoms with E-state index in [0.29, 0.717) is 4.88 Å². The monoisotopic (exact) mass is 375 g/mol. The van der Waals surface area contributed by atoms with Crippen molar-refractivity contribution in [1.82, 2.24) is 4.90 Å². The maximum Gasteiger partial charge on any atom is 0.411 e. The van der Waals surface area contributed by atoms with Crippen LogP contribution in [0.15, 0.2) is 15.9 Å². The number of carboxylic acids is 1. The van der Waals surface area contributed by atoms with Crippen molar-refractivity contribution >= 4 is 39.3 Å². The van der Waals surface area contributed by atoms with Crippen molar-refractivity contribution in [1.29, 1.82) is 0 Å². The first-order valence-corrected chi connectivity index (χ1v) is 8.29. The topological polar surface area (TPSA) is 66.8 Å². The van der Waals surface area contributed by atoms with Crippen LogP contribution in [-0.4, -0.2) is 33.7 Å². The Morgan fingerprint density at radius 3 is 2.43 bits per heavy atom. The molecule has 5 nitrogen and oxygen atoms in total. The van der Waals surface area contributed by atoms with Crippen LogP contribution in [0.5, 0.6) is 0 Å². The first-order chi connectivity index (χ1) is 9.69. The second kappa shape index (κ2) is 5.96. The van der Waals surface area contributed by atoms with Crippen molar-refractivity contribution in [2.75, 3.05) is 0 Å². The maximum absolute atomic E-state index is 12.4. The van der Waals surface area contributed by atoms with Crippen LogP contribution in [0.3, 0.4) is 0 Å². The fraction of sp³-hybridized carbons (Fsp3) is 0.571. The molecule has 1 fully saturated rings. The minimum atomic E-state index is -1.04. The van der Waals surface area contributed by atoms with Gasteiger partial charge in [0.2, 0.25) is 0 Å². The number of carbonyl (C=O) groups excluding carboxylic acids is 1. The molecule has 1 saturated carbocycles. The quantitative estimate of drug-likeness (QED) is 0.862. The summed E-state index contributed by atoms with van der Waals surface area (Å²) in [5.74, 6) is -1.04. The van der Waals surface area contributed by atoms with Gasteiger partial charge in [0.25, 0.3) is 0 Å². The highest BCUT2D eigenvalue weighted by atomic mass is 79.9. The van der Waals surface area contributed by atoms with E-state index < -0.39 is 23.7 Å². The number of rotatable bonds is 4. The lowest BCUT2D eigenvalue weighted by molar-refractivity contribution is -0.143. The molecule has 0 radical (unpaired) electrons. The Bertz CT molecular complexity index is 547. The highest BCUT2D eigenvalue weighted by molar-refractivity contribution is 9.11. The van der Waals surface area contributed by atoms with E-state index in [-0.39, 0.29) is 6.04 Å². The number of hydrogen-bond donors (Lipinski definition) is 1. The zero-order valence-corrected chi connectivity index (χ0v) is 14.5. The van der Waals surface area contributed by atoms with Crippen LogP contribution in [0, 0.1) is 0 Å². The molecule has 0 spiro atoms. The van der Waals surface area contributed by atoms with Crippen molar-refractivity contribution in [3.05, 3.63) is 20.8 Å². The summed E-state index contributed by atoms with van der Waals surface area (Å²) in [5.41, 5.74) is -0.649. The molecular weight excluding hydrogens is 358 g/mol. The summed E-state index contributed by atoms with van der Waals surface area (Å²) in [4.78, 5) is 26.1. The van der Waals surface area contributed by atoms with Crippen molar-refractivity contribution in [2.24, 2.45) is 0 Å². The molecule has 1 aliphatic carbocycles. The number of carboxylic acid groups (broad SMARTS) is 1. The summed E-state index contributed by atoms with van der Waals surface area (Å²) in [5, 5.41) is 9.57. The average Bonchev–Trinajstić information content (AvgIpc) is 3.05. The Kier molecular flexibility index (Phi) is 4.63. The molecule has 0 aliphatic heterocycles. The van der Waals surface area contributed by atoms with Crippen LogP contribution in [0.1, 0.15) is 44.5 Å². The number of aliphatic carboxylic acids is 1. The molecule has 1 heterocycles. The largest absolute Gasteiger partial charge is 0.479 e. The van der Waals surface area contributed by atoms with E-state index in [2.05, 4.69) is 15.9 Å². The van der Waals surface area contributed by atoms with Crippen LogP contribution < -0.4 is 0 Å². The number of amides is 1. The van der Waals surface area contributed by atoms with E-state index in [1.54, 1.807) is 32.9 Å². The molecule has 0 saturated heterocycles. The first kappa shape index (κ1) is 16.3. The summed E-state index contributed by atoms with van der Waals surface area (Å²) in [6, 6.07) is 2.47. The van der Waals surface area contributed by atoms with Gasteiger partial charge in [-0.3, -0.25) is 4.90 Å². The molecule has 1 amide bonds. The number of ether oxygens (including phenoxy) is 1. The van der Waals surface area contributed by atoms with Crippen LogP contribution in [0.25, 0.3) is 0 Å². The SMILES string of the molecule is CC(C)(C)OC(=O)N(C1CC1)C(C(=O)O)c1ccc(Br)s1. The molecule has 1 N–H and O–H groups in total. The lowest BCUT2D eigenvalue weighted by Crippen LogP contribution is -2.43. The van der Waals surface area contributed by atoms with Gasteiger partial charge in [0.15, 0.2) is 6.04 Å². The van der Waals surface area contributed by atoms with Gasteiger partial charge in [-0.2, -0.15) is 0 Å². The zero-order chi connectivity index (χ0) is 15.8. The van der Waals surface area contributed by atoms with Gasteiger partial charge in [-0.1, -0.05) is 0 Å². The number of nitrogens with zero attached hydrogens (tertiary/aromatic N) is 1. The van der Waals surface area contributed by atoms with Crippen LogP contribution >= 0.6 is 27.3 Å². The Hall–Kier alpha value is -1.08. The summed E-state index contributed by atoms with van der Waals surface area (Å²) in [6.07, 6.45) is 1.06. The van der Waals surface area contributed by atoms with E-state index in [1.165, 1.54) is 16.2 Å². The third-order valence-corrected chi connectivity index (χ3v) is 4.60. The third-order valence-electron chi connectivity index (χ3n) is 2.92. The van der Waals surface area contributed by atoms with Gasteiger partial charge in [0.1, 0.15) is 5.60 Å². The highest BCUT2D eigenvalue weighted by Gasteiger charge is 2.43. The third kappa shape index (κ3) is 4.20. The second-order valence-electron chi connectivity index (χ2n) is 6.00. The molecule has 21 heavy (non-hydrogen) atoms.